The van der Waals surface area contributed by atoms with Crippen LogP contribution < -0.4 is 0 Å². The molecule has 2 heterocycles. The van der Waals surface area contributed by atoms with E-state index in [4.69, 9.17) is 5.11 Å². The molecule has 1 aliphatic rings. The molecule has 1 aromatic carbocycles. The number of rotatable bonds is 1. The lowest BCUT2D eigenvalue weighted by atomic mass is 10.00. The molecule has 2 aromatic rings. The van der Waals surface area contributed by atoms with Gasteiger partial charge in [-0.15, -0.1) is 0 Å². The Morgan fingerprint density at radius 1 is 1.32 bits per heavy atom. The van der Waals surface area contributed by atoms with Crippen LogP contribution in [0, 0.1) is 0 Å². The molecule has 0 saturated carbocycles. The first kappa shape index (κ1) is 11.7. The lowest BCUT2D eigenvalue weighted by molar-refractivity contribution is 0.150. The number of pyridine rings is 1. The number of fused-ring (bicyclic) bond motifs is 1. The third-order valence-corrected chi connectivity index (χ3v) is 3.44. The first-order valence-corrected chi connectivity index (χ1v) is 6.26. The van der Waals surface area contributed by atoms with Crippen LogP contribution in [0.25, 0.3) is 16.5 Å². The van der Waals surface area contributed by atoms with Crippen molar-refractivity contribution in [3.05, 3.63) is 48.2 Å². The van der Waals surface area contributed by atoms with E-state index in [1.807, 2.05) is 36.5 Å². The van der Waals surface area contributed by atoms with Crippen LogP contribution in [-0.4, -0.2) is 34.2 Å². The van der Waals surface area contributed by atoms with Crippen LogP contribution in [0.3, 0.4) is 0 Å². The zero-order valence-corrected chi connectivity index (χ0v) is 10.4. The molecule has 1 amide bonds. The summed E-state index contributed by atoms with van der Waals surface area (Å²) in [5.41, 5.74) is 3.24. The predicted octanol–water partition coefficient (Wildman–Crippen LogP) is 3.00. The van der Waals surface area contributed by atoms with Crippen LogP contribution >= 0.6 is 0 Å². The van der Waals surface area contributed by atoms with E-state index in [2.05, 4.69) is 11.1 Å². The summed E-state index contributed by atoms with van der Waals surface area (Å²) in [4.78, 5) is 16.7. The maximum Gasteiger partial charge on any atom is 0.407 e. The number of carbonyl (C=O) groups is 1. The van der Waals surface area contributed by atoms with Crippen LogP contribution in [0.4, 0.5) is 4.79 Å². The standard InChI is InChI=1S/C15H14N2O2/c18-15(19)17-7-5-11(6-8-17)13-9-12-3-1-2-4-14(12)16-10-13/h1-5,9-10H,6-8H2,(H,18,19). The first-order valence-electron chi connectivity index (χ1n) is 6.26. The van der Waals surface area contributed by atoms with Crippen molar-refractivity contribution in [1.82, 2.24) is 9.88 Å². The number of para-hydroxylation sites is 1. The van der Waals surface area contributed by atoms with Gasteiger partial charge in [0.2, 0.25) is 0 Å². The molecule has 0 radical (unpaired) electrons. The van der Waals surface area contributed by atoms with Gasteiger partial charge in [-0.1, -0.05) is 24.3 Å². The van der Waals surface area contributed by atoms with E-state index in [0.29, 0.717) is 13.1 Å². The van der Waals surface area contributed by atoms with E-state index in [1.165, 1.54) is 10.5 Å². The molecule has 19 heavy (non-hydrogen) atoms. The van der Waals surface area contributed by atoms with Gasteiger partial charge < -0.3 is 10.0 Å². The van der Waals surface area contributed by atoms with Gasteiger partial charge in [-0.05, 0) is 29.7 Å². The van der Waals surface area contributed by atoms with Crippen molar-refractivity contribution in [2.24, 2.45) is 0 Å². The van der Waals surface area contributed by atoms with Crippen molar-refractivity contribution in [3.8, 4) is 0 Å². The normalized spacial score (nSPS) is 15.4. The van der Waals surface area contributed by atoms with Crippen molar-refractivity contribution >= 4 is 22.6 Å². The summed E-state index contributed by atoms with van der Waals surface area (Å²) in [6.45, 7) is 1.01. The van der Waals surface area contributed by atoms with Crippen molar-refractivity contribution in [2.75, 3.05) is 13.1 Å². The Hall–Kier alpha value is -2.36. The van der Waals surface area contributed by atoms with Gasteiger partial charge in [-0.25, -0.2) is 4.79 Å². The van der Waals surface area contributed by atoms with Crippen molar-refractivity contribution in [2.45, 2.75) is 6.42 Å². The van der Waals surface area contributed by atoms with Crippen LogP contribution in [0.1, 0.15) is 12.0 Å². The molecule has 96 valence electrons. The number of aromatic nitrogens is 1. The molecule has 4 heteroatoms. The summed E-state index contributed by atoms with van der Waals surface area (Å²) < 4.78 is 0. The highest BCUT2D eigenvalue weighted by Gasteiger charge is 2.16. The fourth-order valence-electron chi connectivity index (χ4n) is 2.35. The second-order valence-electron chi connectivity index (χ2n) is 4.62. The van der Waals surface area contributed by atoms with Crippen molar-refractivity contribution in [3.63, 3.8) is 0 Å². The number of nitrogens with zero attached hydrogens (tertiary/aromatic N) is 2. The average molecular weight is 254 g/mol. The van der Waals surface area contributed by atoms with Gasteiger partial charge in [-0.2, -0.15) is 0 Å². The van der Waals surface area contributed by atoms with E-state index >= 15 is 0 Å². The van der Waals surface area contributed by atoms with Gasteiger partial charge in [0.25, 0.3) is 0 Å². The Balaban J connectivity index is 1.91. The molecule has 3 rings (SSSR count). The van der Waals surface area contributed by atoms with Gasteiger partial charge in [-0.3, -0.25) is 4.98 Å². The molecule has 1 aliphatic heterocycles. The highest BCUT2D eigenvalue weighted by atomic mass is 16.4. The fraction of sp³-hybridized carbons (Fsp3) is 0.200. The number of amides is 1. The van der Waals surface area contributed by atoms with Crippen LogP contribution in [0.5, 0.6) is 0 Å². The van der Waals surface area contributed by atoms with E-state index in [-0.39, 0.29) is 0 Å². The minimum absolute atomic E-state index is 0.456. The highest BCUT2D eigenvalue weighted by molar-refractivity contribution is 5.83. The molecule has 1 N–H and O–H groups in total. The number of carboxylic acid groups (broad SMARTS) is 1. The number of benzene rings is 1. The SMILES string of the molecule is O=C(O)N1CC=C(c2cnc3ccccc3c2)CC1. The van der Waals surface area contributed by atoms with E-state index in [1.54, 1.807) is 0 Å². The summed E-state index contributed by atoms with van der Waals surface area (Å²) in [7, 11) is 0. The lowest BCUT2D eigenvalue weighted by Crippen LogP contribution is -2.33. The van der Waals surface area contributed by atoms with Crippen molar-refractivity contribution in [1.29, 1.82) is 0 Å². The molecule has 0 atom stereocenters. The fourth-order valence-corrected chi connectivity index (χ4v) is 2.35. The third kappa shape index (κ3) is 2.29. The molecule has 0 bridgehead atoms. The zero-order chi connectivity index (χ0) is 13.2. The van der Waals surface area contributed by atoms with Crippen LogP contribution in [-0.2, 0) is 0 Å². The lowest BCUT2D eigenvalue weighted by Gasteiger charge is -2.23. The molecule has 0 spiro atoms. The van der Waals surface area contributed by atoms with E-state index in [0.717, 1.165) is 22.9 Å². The monoisotopic (exact) mass is 254 g/mol. The van der Waals surface area contributed by atoms with E-state index < -0.39 is 6.09 Å². The molecule has 1 aromatic heterocycles. The maximum absolute atomic E-state index is 10.9. The Kier molecular flexibility index (Phi) is 2.91. The quantitative estimate of drug-likeness (QED) is 0.851. The number of hydrogen-bond donors (Lipinski definition) is 1. The highest BCUT2D eigenvalue weighted by Crippen LogP contribution is 2.24. The van der Waals surface area contributed by atoms with Gasteiger partial charge in [0.1, 0.15) is 0 Å². The zero-order valence-electron chi connectivity index (χ0n) is 10.4. The van der Waals surface area contributed by atoms with E-state index in [9.17, 15) is 4.79 Å². The first-order chi connectivity index (χ1) is 9.24. The summed E-state index contributed by atoms with van der Waals surface area (Å²) in [5.74, 6) is 0. The summed E-state index contributed by atoms with van der Waals surface area (Å²) >= 11 is 0. The molecule has 0 aliphatic carbocycles. The molecular weight excluding hydrogens is 240 g/mol. The largest absolute Gasteiger partial charge is 0.465 e. The minimum atomic E-state index is -0.855. The summed E-state index contributed by atoms with van der Waals surface area (Å²) in [6, 6.07) is 10.1. The summed E-state index contributed by atoms with van der Waals surface area (Å²) in [5, 5.41) is 10.0. The second-order valence-corrected chi connectivity index (χ2v) is 4.62. The smallest absolute Gasteiger partial charge is 0.407 e. The summed E-state index contributed by atoms with van der Waals surface area (Å²) in [6.07, 6.45) is 3.73. The van der Waals surface area contributed by atoms with Gasteiger partial charge in [0.15, 0.2) is 0 Å². The van der Waals surface area contributed by atoms with Gasteiger partial charge >= 0.3 is 6.09 Å². The number of hydrogen-bond acceptors (Lipinski definition) is 2. The second kappa shape index (κ2) is 4.72. The predicted molar refractivity (Wildman–Crippen MR) is 73.9 cm³/mol. The van der Waals surface area contributed by atoms with Gasteiger partial charge in [0.05, 0.1) is 5.52 Å². The molecule has 0 saturated heterocycles. The van der Waals surface area contributed by atoms with Crippen LogP contribution in [0.2, 0.25) is 0 Å². The van der Waals surface area contributed by atoms with Gasteiger partial charge in [0, 0.05) is 24.7 Å². The molecule has 0 fully saturated rings. The molecule has 4 nitrogen and oxygen atoms in total. The van der Waals surface area contributed by atoms with Crippen molar-refractivity contribution < 1.29 is 9.90 Å². The minimum Gasteiger partial charge on any atom is -0.465 e. The Morgan fingerprint density at radius 3 is 2.89 bits per heavy atom. The molecule has 0 unspecified atom stereocenters. The maximum atomic E-state index is 10.9. The Bertz CT molecular complexity index is 664. The Morgan fingerprint density at radius 2 is 2.16 bits per heavy atom. The third-order valence-electron chi connectivity index (χ3n) is 3.44. The molecular formula is C15H14N2O2. The van der Waals surface area contributed by atoms with Crippen LogP contribution in [0.15, 0.2) is 42.6 Å². The Labute approximate surface area is 111 Å². The average Bonchev–Trinajstić information content (AvgIpc) is 2.47. The topological polar surface area (TPSA) is 53.4 Å².